The fourth-order valence-electron chi connectivity index (χ4n) is 2.64. The Morgan fingerprint density at radius 3 is 2.76 bits per heavy atom. The average molecular weight is 386 g/mol. The van der Waals surface area contributed by atoms with Crippen LogP contribution in [0.3, 0.4) is 0 Å². The second kappa shape index (κ2) is 8.71. The molecule has 138 valence electrons. The van der Waals surface area contributed by atoms with E-state index >= 15 is 0 Å². The second-order valence-electron chi connectivity index (χ2n) is 6.01. The Morgan fingerprint density at radius 1 is 1.36 bits per heavy atom. The third-order valence-electron chi connectivity index (χ3n) is 4.00. The lowest BCUT2D eigenvalue weighted by atomic mass is 10.1. The van der Waals surface area contributed by atoms with Crippen LogP contribution in [0.15, 0.2) is 18.2 Å². The molecule has 1 fully saturated rings. The molecular weight excluding hydrogens is 362 g/mol. The molecule has 8 heteroatoms. The van der Waals surface area contributed by atoms with Gasteiger partial charge in [-0.3, -0.25) is 9.59 Å². The molecule has 1 atom stereocenters. The molecule has 0 aliphatic carbocycles. The number of anilines is 1. The fourth-order valence-corrected chi connectivity index (χ4v) is 6.08. The first-order valence-electron chi connectivity index (χ1n) is 8.16. The first-order valence-corrected chi connectivity index (χ1v) is 11.0. The number of hydrogen-bond donors (Lipinski definition) is 1. The monoisotopic (exact) mass is 385 g/mol. The smallest absolute Gasteiger partial charge is 0.316 e. The molecule has 0 unspecified atom stereocenters. The third kappa shape index (κ3) is 6.04. The number of nitrogens with one attached hydrogen (secondary N) is 1. The Balaban J connectivity index is 1.76. The third-order valence-corrected chi connectivity index (χ3v) is 7.25. The van der Waals surface area contributed by atoms with E-state index in [0.717, 1.165) is 23.2 Å². The number of aryl methyl sites for hydroxylation is 2. The highest BCUT2D eigenvalue weighted by molar-refractivity contribution is 8.02. The summed E-state index contributed by atoms with van der Waals surface area (Å²) in [5.74, 6) is -0.551. The van der Waals surface area contributed by atoms with Crippen LogP contribution in [0.4, 0.5) is 5.69 Å². The minimum atomic E-state index is -2.95. The first-order chi connectivity index (χ1) is 11.8. The van der Waals surface area contributed by atoms with Crippen LogP contribution in [0.5, 0.6) is 0 Å². The van der Waals surface area contributed by atoms with E-state index in [1.54, 1.807) is 0 Å². The molecule has 0 spiro atoms. The number of hydrogen-bond acceptors (Lipinski definition) is 6. The molecule has 1 aliphatic rings. The highest BCUT2D eigenvalue weighted by Crippen LogP contribution is 2.24. The van der Waals surface area contributed by atoms with E-state index in [9.17, 15) is 18.0 Å². The second-order valence-corrected chi connectivity index (χ2v) is 9.52. The standard InChI is InChI=1S/C17H23NO5S2/c1-3-13-6-4-5-12(2)17(13)18-15(19)9-23-16(20)10-24-14-7-8-25(21,22)11-14/h4-6,14H,3,7-11H2,1-2H3,(H,18,19)/t14-/m0/s1. The molecule has 1 heterocycles. The predicted molar refractivity (Wildman–Crippen MR) is 99.7 cm³/mol. The number of carbonyl (C=O) groups excluding carboxylic acids is 2. The summed E-state index contributed by atoms with van der Waals surface area (Å²) in [5.41, 5.74) is 2.74. The lowest BCUT2D eigenvalue weighted by molar-refractivity contribution is -0.144. The molecule has 0 bridgehead atoms. The van der Waals surface area contributed by atoms with E-state index in [1.807, 2.05) is 32.0 Å². The summed E-state index contributed by atoms with van der Waals surface area (Å²) >= 11 is 1.27. The number of sulfone groups is 1. The summed E-state index contributed by atoms with van der Waals surface area (Å²) in [6, 6.07) is 5.79. The van der Waals surface area contributed by atoms with Crippen LogP contribution in [0.1, 0.15) is 24.5 Å². The zero-order valence-electron chi connectivity index (χ0n) is 14.4. The van der Waals surface area contributed by atoms with Crippen molar-refractivity contribution in [3.05, 3.63) is 29.3 Å². The van der Waals surface area contributed by atoms with Crippen LogP contribution in [-0.4, -0.2) is 49.4 Å². The molecule has 2 rings (SSSR count). The topological polar surface area (TPSA) is 89.5 Å². The highest BCUT2D eigenvalue weighted by Gasteiger charge is 2.28. The van der Waals surface area contributed by atoms with Crippen molar-refractivity contribution in [2.45, 2.75) is 31.9 Å². The van der Waals surface area contributed by atoms with Gasteiger partial charge < -0.3 is 10.1 Å². The summed E-state index contributed by atoms with van der Waals surface area (Å²) in [4.78, 5) is 23.7. The quantitative estimate of drug-likeness (QED) is 0.722. The molecule has 1 saturated heterocycles. The molecule has 1 N–H and O–H groups in total. The zero-order chi connectivity index (χ0) is 18.4. The van der Waals surface area contributed by atoms with Gasteiger partial charge in [0, 0.05) is 10.9 Å². The van der Waals surface area contributed by atoms with Crippen molar-refractivity contribution in [2.75, 3.05) is 29.2 Å². The molecule has 25 heavy (non-hydrogen) atoms. The van der Waals surface area contributed by atoms with Crippen LogP contribution < -0.4 is 5.32 Å². The lowest BCUT2D eigenvalue weighted by Gasteiger charge is -2.13. The van der Waals surface area contributed by atoms with Gasteiger partial charge in [-0.1, -0.05) is 25.1 Å². The van der Waals surface area contributed by atoms with Gasteiger partial charge in [-0.25, -0.2) is 8.42 Å². The van der Waals surface area contributed by atoms with Crippen LogP contribution >= 0.6 is 11.8 Å². The van der Waals surface area contributed by atoms with Gasteiger partial charge in [0.1, 0.15) is 0 Å². The van der Waals surface area contributed by atoms with Crippen molar-refractivity contribution < 1.29 is 22.7 Å². The largest absolute Gasteiger partial charge is 0.455 e. The molecule has 1 amide bonds. The number of esters is 1. The highest BCUT2D eigenvalue weighted by atomic mass is 32.2. The summed E-state index contributed by atoms with van der Waals surface area (Å²) in [6.45, 7) is 3.57. The van der Waals surface area contributed by atoms with E-state index in [4.69, 9.17) is 4.74 Å². The van der Waals surface area contributed by atoms with Gasteiger partial charge >= 0.3 is 5.97 Å². The summed E-state index contributed by atoms with van der Waals surface area (Å²) in [6.07, 6.45) is 1.35. The van der Waals surface area contributed by atoms with Crippen LogP contribution in [-0.2, 0) is 30.6 Å². The predicted octanol–water partition coefficient (Wildman–Crippen LogP) is 1.96. The lowest BCUT2D eigenvalue weighted by Crippen LogP contribution is -2.23. The van der Waals surface area contributed by atoms with Crippen molar-refractivity contribution >= 4 is 39.2 Å². The normalized spacial score (nSPS) is 18.7. The van der Waals surface area contributed by atoms with Crippen molar-refractivity contribution in [1.82, 2.24) is 0 Å². The number of rotatable bonds is 7. The van der Waals surface area contributed by atoms with E-state index in [2.05, 4.69) is 5.32 Å². The van der Waals surface area contributed by atoms with Gasteiger partial charge in [-0.15, -0.1) is 11.8 Å². The van der Waals surface area contributed by atoms with E-state index in [-0.39, 0.29) is 35.0 Å². The summed E-state index contributed by atoms with van der Waals surface area (Å²) in [5, 5.41) is 2.73. The van der Waals surface area contributed by atoms with E-state index < -0.39 is 15.8 Å². The van der Waals surface area contributed by atoms with Crippen molar-refractivity contribution in [3.8, 4) is 0 Å². The molecule has 1 aliphatic heterocycles. The maximum absolute atomic E-state index is 12.0. The maximum atomic E-state index is 12.0. The Morgan fingerprint density at radius 2 is 2.12 bits per heavy atom. The number of ether oxygens (including phenoxy) is 1. The van der Waals surface area contributed by atoms with Gasteiger partial charge in [0.15, 0.2) is 16.4 Å². The van der Waals surface area contributed by atoms with Gasteiger partial charge in [0.25, 0.3) is 5.91 Å². The van der Waals surface area contributed by atoms with Crippen molar-refractivity contribution in [1.29, 1.82) is 0 Å². The Hall–Kier alpha value is -1.54. The summed E-state index contributed by atoms with van der Waals surface area (Å²) in [7, 11) is -2.95. The number of amides is 1. The molecule has 0 radical (unpaired) electrons. The molecule has 1 aromatic carbocycles. The van der Waals surface area contributed by atoms with Gasteiger partial charge in [0.05, 0.1) is 17.3 Å². The number of carbonyl (C=O) groups is 2. The van der Waals surface area contributed by atoms with Crippen LogP contribution in [0, 0.1) is 6.92 Å². The fraction of sp³-hybridized carbons (Fsp3) is 0.529. The Bertz CT molecular complexity index is 745. The SMILES string of the molecule is CCc1cccc(C)c1NC(=O)COC(=O)CS[C@H]1CCS(=O)(=O)C1. The molecule has 6 nitrogen and oxygen atoms in total. The van der Waals surface area contributed by atoms with Crippen molar-refractivity contribution in [3.63, 3.8) is 0 Å². The molecular formula is C17H23NO5S2. The van der Waals surface area contributed by atoms with Gasteiger partial charge in [-0.2, -0.15) is 0 Å². The van der Waals surface area contributed by atoms with E-state index in [0.29, 0.717) is 6.42 Å². The van der Waals surface area contributed by atoms with Crippen LogP contribution in [0.2, 0.25) is 0 Å². The molecule has 0 aromatic heterocycles. The maximum Gasteiger partial charge on any atom is 0.316 e. The average Bonchev–Trinajstić information content (AvgIpc) is 2.92. The molecule has 0 saturated carbocycles. The number of thioether (sulfide) groups is 1. The number of benzene rings is 1. The van der Waals surface area contributed by atoms with E-state index in [1.165, 1.54) is 11.8 Å². The molecule has 1 aromatic rings. The zero-order valence-corrected chi connectivity index (χ0v) is 16.0. The minimum Gasteiger partial charge on any atom is -0.455 e. The Labute approximate surface area is 152 Å². The minimum absolute atomic E-state index is 0.0536. The van der Waals surface area contributed by atoms with Gasteiger partial charge in [-0.05, 0) is 30.9 Å². The van der Waals surface area contributed by atoms with Crippen LogP contribution in [0.25, 0.3) is 0 Å². The van der Waals surface area contributed by atoms with Crippen molar-refractivity contribution in [2.24, 2.45) is 0 Å². The number of para-hydroxylation sites is 1. The first kappa shape index (κ1) is 19.8. The Kier molecular flexibility index (Phi) is 6.89. The van der Waals surface area contributed by atoms with Gasteiger partial charge in [0.2, 0.25) is 0 Å². The summed E-state index contributed by atoms with van der Waals surface area (Å²) < 4.78 is 27.7.